The van der Waals surface area contributed by atoms with E-state index >= 15 is 0 Å². The maximum atomic E-state index is 12.0. The highest BCUT2D eigenvalue weighted by molar-refractivity contribution is 7.90. The summed E-state index contributed by atoms with van der Waals surface area (Å²) >= 11 is 5.92. The van der Waals surface area contributed by atoms with Gasteiger partial charge in [0.25, 0.3) is 0 Å². The number of hydrogen-bond acceptors (Lipinski definition) is 2. The van der Waals surface area contributed by atoms with Gasteiger partial charge in [0, 0.05) is 18.5 Å². The molecule has 0 saturated carbocycles. The van der Waals surface area contributed by atoms with Crippen molar-refractivity contribution < 1.29 is 8.42 Å². The average Bonchev–Trinajstić information content (AvgIpc) is 2.03. The Hall–Kier alpha value is 0.200. The number of alkyl halides is 1. The SMILES string of the molecule is CC(C)(C)S(=O)(=O)N1CCC(Cl)CC1. The van der Waals surface area contributed by atoms with Crippen LogP contribution in [0.4, 0.5) is 0 Å². The van der Waals surface area contributed by atoms with Gasteiger partial charge < -0.3 is 0 Å². The van der Waals surface area contributed by atoms with Crippen LogP contribution in [0.15, 0.2) is 0 Å². The number of sulfonamides is 1. The van der Waals surface area contributed by atoms with Crippen molar-refractivity contribution in [3.05, 3.63) is 0 Å². The molecule has 1 fully saturated rings. The first-order chi connectivity index (χ1) is 6.25. The number of hydrogen-bond donors (Lipinski definition) is 0. The monoisotopic (exact) mass is 239 g/mol. The van der Waals surface area contributed by atoms with E-state index in [0.29, 0.717) is 13.1 Å². The Kier molecular flexibility index (Phi) is 3.49. The molecule has 5 heteroatoms. The molecule has 0 bridgehead atoms. The van der Waals surface area contributed by atoms with Crippen LogP contribution in [-0.4, -0.2) is 35.9 Å². The van der Waals surface area contributed by atoms with E-state index in [1.165, 1.54) is 0 Å². The van der Waals surface area contributed by atoms with Gasteiger partial charge in [0.15, 0.2) is 0 Å². The summed E-state index contributed by atoms with van der Waals surface area (Å²) in [5.74, 6) is 0. The lowest BCUT2D eigenvalue weighted by molar-refractivity contribution is 0.340. The molecule has 0 unspecified atom stereocenters. The number of nitrogens with zero attached hydrogens (tertiary/aromatic N) is 1. The minimum absolute atomic E-state index is 0.140. The summed E-state index contributed by atoms with van der Waals surface area (Å²) in [6, 6.07) is 0. The van der Waals surface area contributed by atoms with E-state index in [1.807, 2.05) is 0 Å². The Bertz CT molecular complexity index is 286. The summed E-state index contributed by atoms with van der Waals surface area (Å²) in [5, 5.41) is 0.140. The maximum Gasteiger partial charge on any atom is 0.219 e. The Labute approximate surface area is 91.5 Å². The smallest absolute Gasteiger partial charge is 0.212 e. The van der Waals surface area contributed by atoms with Crippen molar-refractivity contribution in [2.45, 2.75) is 43.7 Å². The lowest BCUT2D eigenvalue weighted by Gasteiger charge is -2.33. The Balaban J connectivity index is 2.76. The van der Waals surface area contributed by atoms with Gasteiger partial charge in [0.2, 0.25) is 10.0 Å². The molecular formula is C9H18ClNO2S. The highest BCUT2D eigenvalue weighted by atomic mass is 35.5. The molecular weight excluding hydrogens is 222 g/mol. The third-order valence-corrected chi connectivity index (χ3v) is 5.53. The van der Waals surface area contributed by atoms with Crippen LogP contribution in [0.5, 0.6) is 0 Å². The fourth-order valence-corrected chi connectivity index (χ4v) is 3.11. The van der Waals surface area contributed by atoms with Crippen LogP contribution in [0.25, 0.3) is 0 Å². The van der Waals surface area contributed by atoms with Crippen LogP contribution < -0.4 is 0 Å². The molecule has 1 aliphatic heterocycles. The Morgan fingerprint density at radius 2 is 1.64 bits per heavy atom. The van der Waals surface area contributed by atoms with Crippen molar-refractivity contribution in [2.75, 3.05) is 13.1 Å². The molecule has 0 aromatic carbocycles. The molecule has 0 aromatic heterocycles. The molecule has 14 heavy (non-hydrogen) atoms. The Morgan fingerprint density at radius 3 is 2.00 bits per heavy atom. The highest BCUT2D eigenvalue weighted by Crippen LogP contribution is 2.25. The van der Waals surface area contributed by atoms with E-state index in [-0.39, 0.29) is 5.38 Å². The quantitative estimate of drug-likeness (QED) is 0.655. The van der Waals surface area contributed by atoms with E-state index in [0.717, 1.165) is 12.8 Å². The van der Waals surface area contributed by atoms with Gasteiger partial charge in [0.05, 0.1) is 4.75 Å². The van der Waals surface area contributed by atoms with Crippen LogP contribution in [0, 0.1) is 0 Å². The van der Waals surface area contributed by atoms with Gasteiger partial charge in [-0.1, -0.05) is 0 Å². The third-order valence-electron chi connectivity index (χ3n) is 2.50. The van der Waals surface area contributed by atoms with E-state index in [1.54, 1.807) is 25.1 Å². The van der Waals surface area contributed by atoms with Gasteiger partial charge in [-0.3, -0.25) is 0 Å². The predicted molar refractivity (Wildman–Crippen MR) is 59.1 cm³/mol. The fraction of sp³-hybridized carbons (Fsp3) is 1.00. The normalized spacial score (nSPS) is 22.6. The second kappa shape index (κ2) is 3.99. The van der Waals surface area contributed by atoms with E-state index in [9.17, 15) is 8.42 Å². The van der Waals surface area contributed by atoms with Crippen molar-refractivity contribution in [3.63, 3.8) is 0 Å². The molecule has 1 rings (SSSR count). The third kappa shape index (κ3) is 2.41. The molecule has 0 amide bonds. The summed E-state index contributed by atoms with van der Waals surface area (Å²) in [5.41, 5.74) is 0. The Morgan fingerprint density at radius 1 is 1.21 bits per heavy atom. The lowest BCUT2D eigenvalue weighted by Crippen LogP contribution is -2.46. The van der Waals surface area contributed by atoms with E-state index in [4.69, 9.17) is 11.6 Å². The van der Waals surface area contributed by atoms with E-state index in [2.05, 4.69) is 0 Å². The summed E-state index contributed by atoms with van der Waals surface area (Å²) in [6.07, 6.45) is 1.52. The predicted octanol–water partition coefficient (Wildman–Crippen LogP) is 1.82. The molecule has 0 aromatic rings. The first kappa shape index (κ1) is 12.3. The van der Waals surface area contributed by atoms with Crippen molar-refractivity contribution in [1.82, 2.24) is 4.31 Å². The zero-order chi connectivity index (χ0) is 11.0. The summed E-state index contributed by atoms with van der Waals surface area (Å²) in [4.78, 5) is 0. The molecule has 0 spiro atoms. The average molecular weight is 240 g/mol. The molecule has 1 saturated heterocycles. The molecule has 3 nitrogen and oxygen atoms in total. The largest absolute Gasteiger partial charge is 0.219 e. The standard InChI is InChI=1S/C9H18ClNO2S/c1-9(2,3)14(12,13)11-6-4-8(10)5-7-11/h8H,4-7H2,1-3H3. The second-order valence-corrected chi connectivity index (χ2v) is 8.00. The fourth-order valence-electron chi connectivity index (χ4n) is 1.45. The first-order valence-electron chi connectivity index (χ1n) is 4.89. The molecule has 1 aliphatic rings. The van der Waals surface area contributed by atoms with Crippen LogP contribution in [0.1, 0.15) is 33.6 Å². The molecule has 84 valence electrons. The van der Waals surface area contributed by atoms with Crippen LogP contribution >= 0.6 is 11.6 Å². The van der Waals surface area contributed by atoms with Crippen molar-refractivity contribution in [3.8, 4) is 0 Å². The molecule has 1 heterocycles. The van der Waals surface area contributed by atoms with Crippen molar-refractivity contribution >= 4 is 21.6 Å². The summed E-state index contributed by atoms with van der Waals surface area (Å²) in [6.45, 7) is 6.32. The van der Waals surface area contributed by atoms with Gasteiger partial charge in [-0.25, -0.2) is 12.7 Å². The lowest BCUT2D eigenvalue weighted by atomic mass is 10.2. The minimum atomic E-state index is -3.15. The van der Waals surface area contributed by atoms with Crippen LogP contribution in [0.2, 0.25) is 0 Å². The van der Waals surface area contributed by atoms with E-state index < -0.39 is 14.8 Å². The highest BCUT2D eigenvalue weighted by Gasteiger charge is 2.36. The van der Waals surface area contributed by atoms with Crippen LogP contribution in [-0.2, 0) is 10.0 Å². The number of piperidine rings is 1. The molecule has 0 N–H and O–H groups in total. The molecule has 0 radical (unpaired) electrons. The number of halogens is 1. The first-order valence-corrected chi connectivity index (χ1v) is 6.76. The zero-order valence-electron chi connectivity index (χ0n) is 8.96. The minimum Gasteiger partial charge on any atom is -0.212 e. The van der Waals surface area contributed by atoms with Gasteiger partial charge in [-0.2, -0.15) is 0 Å². The van der Waals surface area contributed by atoms with Gasteiger partial charge in [-0.05, 0) is 33.6 Å². The molecule has 0 atom stereocenters. The summed E-state index contributed by atoms with van der Waals surface area (Å²) in [7, 11) is -3.15. The van der Waals surface area contributed by atoms with Crippen molar-refractivity contribution in [2.24, 2.45) is 0 Å². The maximum absolute atomic E-state index is 12.0. The second-order valence-electron chi connectivity index (χ2n) is 4.69. The van der Waals surface area contributed by atoms with Gasteiger partial charge in [0.1, 0.15) is 0 Å². The van der Waals surface area contributed by atoms with Gasteiger partial charge in [-0.15, -0.1) is 11.6 Å². The van der Waals surface area contributed by atoms with Crippen molar-refractivity contribution in [1.29, 1.82) is 0 Å². The van der Waals surface area contributed by atoms with Crippen LogP contribution in [0.3, 0.4) is 0 Å². The van der Waals surface area contributed by atoms with Gasteiger partial charge >= 0.3 is 0 Å². The zero-order valence-corrected chi connectivity index (χ0v) is 10.5. The number of rotatable bonds is 1. The summed E-state index contributed by atoms with van der Waals surface area (Å²) < 4.78 is 24.9. The topological polar surface area (TPSA) is 37.4 Å². The molecule has 0 aliphatic carbocycles.